The van der Waals surface area contributed by atoms with Gasteiger partial charge in [0, 0.05) is 24.4 Å². The molecule has 0 spiro atoms. The van der Waals surface area contributed by atoms with Crippen LogP contribution in [-0.2, 0) is 4.79 Å². The van der Waals surface area contributed by atoms with Gasteiger partial charge >= 0.3 is 12.0 Å². The summed E-state index contributed by atoms with van der Waals surface area (Å²) in [6.45, 7) is 3.48. The van der Waals surface area contributed by atoms with E-state index in [0.29, 0.717) is 0 Å². The van der Waals surface area contributed by atoms with Crippen molar-refractivity contribution in [1.82, 2.24) is 5.32 Å². The first-order valence-electron chi connectivity index (χ1n) is 6.33. The fourth-order valence-corrected chi connectivity index (χ4v) is 1.68. The molecule has 0 heterocycles. The van der Waals surface area contributed by atoms with Crippen LogP contribution in [0.25, 0.3) is 0 Å². The van der Waals surface area contributed by atoms with E-state index < -0.39 is 22.8 Å². The van der Waals surface area contributed by atoms with Crippen LogP contribution in [0.2, 0.25) is 0 Å². The van der Waals surface area contributed by atoms with E-state index in [0.717, 1.165) is 0 Å². The number of hydrogen-bond acceptors (Lipinski definition) is 4. The van der Waals surface area contributed by atoms with E-state index in [1.54, 1.807) is 13.8 Å². The topological polar surface area (TPSA) is 122 Å². The number of urea groups is 1. The highest BCUT2D eigenvalue weighted by atomic mass is 16.6. The van der Waals surface area contributed by atoms with Gasteiger partial charge in [-0.15, -0.1) is 0 Å². The van der Waals surface area contributed by atoms with Gasteiger partial charge in [-0.25, -0.2) is 4.79 Å². The molecule has 8 nitrogen and oxygen atoms in total. The molecule has 21 heavy (non-hydrogen) atoms. The summed E-state index contributed by atoms with van der Waals surface area (Å²) in [4.78, 5) is 32.7. The maximum atomic E-state index is 11.7. The third kappa shape index (κ3) is 5.09. The van der Waals surface area contributed by atoms with Crippen molar-refractivity contribution in [2.75, 3.05) is 11.9 Å². The minimum absolute atomic E-state index is 0.0201. The minimum atomic E-state index is -0.986. The second kappa shape index (κ2) is 7.22. The van der Waals surface area contributed by atoms with Crippen molar-refractivity contribution in [2.24, 2.45) is 11.8 Å². The molecule has 1 unspecified atom stereocenters. The van der Waals surface area contributed by atoms with Gasteiger partial charge in [-0.1, -0.05) is 19.9 Å². The highest BCUT2D eigenvalue weighted by Crippen LogP contribution is 2.17. The Morgan fingerprint density at radius 3 is 2.57 bits per heavy atom. The molecule has 0 fully saturated rings. The lowest BCUT2D eigenvalue weighted by molar-refractivity contribution is -0.384. The van der Waals surface area contributed by atoms with E-state index in [9.17, 15) is 19.7 Å². The van der Waals surface area contributed by atoms with Gasteiger partial charge in [0.15, 0.2) is 0 Å². The number of rotatable bonds is 6. The maximum Gasteiger partial charge on any atom is 0.319 e. The number of carbonyl (C=O) groups is 2. The van der Waals surface area contributed by atoms with Crippen LogP contribution >= 0.6 is 0 Å². The molecule has 0 aliphatic carbocycles. The van der Waals surface area contributed by atoms with Crippen molar-refractivity contribution in [1.29, 1.82) is 0 Å². The Hall–Kier alpha value is -2.64. The predicted octanol–water partition coefficient (Wildman–Crippen LogP) is 2.07. The zero-order valence-electron chi connectivity index (χ0n) is 11.7. The van der Waals surface area contributed by atoms with Crippen molar-refractivity contribution in [3.05, 3.63) is 34.4 Å². The molecule has 1 atom stereocenters. The Balaban J connectivity index is 2.60. The first-order valence-corrected chi connectivity index (χ1v) is 6.33. The molecule has 1 rings (SSSR count). The van der Waals surface area contributed by atoms with E-state index in [4.69, 9.17) is 5.11 Å². The number of carboxylic acids is 1. The number of aliphatic carboxylic acids is 1. The van der Waals surface area contributed by atoms with E-state index in [-0.39, 0.29) is 23.8 Å². The summed E-state index contributed by atoms with van der Waals surface area (Å²) in [6.07, 6.45) is 0. The first-order chi connectivity index (χ1) is 9.81. The van der Waals surface area contributed by atoms with Crippen LogP contribution in [-0.4, -0.2) is 28.6 Å². The number of benzene rings is 1. The van der Waals surface area contributed by atoms with Crippen LogP contribution in [0.3, 0.4) is 0 Å². The van der Waals surface area contributed by atoms with Gasteiger partial charge in [-0.2, -0.15) is 0 Å². The molecule has 8 heteroatoms. The Bertz CT molecular complexity index is 544. The predicted molar refractivity (Wildman–Crippen MR) is 76.1 cm³/mol. The molecule has 0 saturated heterocycles. The zero-order valence-corrected chi connectivity index (χ0v) is 11.7. The first kappa shape index (κ1) is 16.4. The van der Waals surface area contributed by atoms with E-state index in [2.05, 4.69) is 10.6 Å². The van der Waals surface area contributed by atoms with Crippen LogP contribution in [0, 0.1) is 22.0 Å². The molecule has 0 aromatic heterocycles. The number of nitro groups is 1. The highest BCUT2D eigenvalue weighted by Gasteiger charge is 2.22. The quantitative estimate of drug-likeness (QED) is 0.548. The third-order valence-electron chi connectivity index (χ3n) is 2.92. The van der Waals surface area contributed by atoms with Gasteiger partial charge in [0.1, 0.15) is 0 Å². The van der Waals surface area contributed by atoms with Gasteiger partial charge in [0.05, 0.1) is 10.8 Å². The van der Waals surface area contributed by atoms with Gasteiger partial charge in [0.2, 0.25) is 0 Å². The van der Waals surface area contributed by atoms with Crippen LogP contribution < -0.4 is 10.6 Å². The second-order valence-electron chi connectivity index (χ2n) is 4.83. The number of amides is 2. The Labute approximate surface area is 121 Å². The number of non-ortho nitro benzene ring substituents is 1. The number of nitrogens with one attached hydrogen (secondary N) is 2. The fourth-order valence-electron chi connectivity index (χ4n) is 1.68. The minimum Gasteiger partial charge on any atom is -0.481 e. The average Bonchev–Trinajstić information content (AvgIpc) is 2.38. The molecule has 1 aromatic rings. The van der Waals surface area contributed by atoms with Crippen LogP contribution in [0.4, 0.5) is 16.2 Å². The Kier molecular flexibility index (Phi) is 5.65. The number of carbonyl (C=O) groups excluding carboxylic acids is 1. The number of anilines is 1. The van der Waals surface area contributed by atoms with Crippen LogP contribution in [0.15, 0.2) is 24.3 Å². The lowest BCUT2D eigenvalue weighted by Gasteiger charge is -2.16. The summed E-state index contributed by atoms with van der Waals surface area (Å²) in [5.74, 6) is -1.80. The summed E-state index contributed by atoms with van der Waals surface area (Å²) in [6, 6.07) is 4.87. The zero-order chi connectivity index (χ0) is 16.0. The molecule has 1 aromatic carbocycles. The van der Waals surface area contributed by atoms with Gasteiger partial charge < -0.3 is 15.7 Å². The molecular formula is C13H17N3O5. The SMILES string of the molecule is CC(C)C(CNC(=O)Nc1cccc([N+](=O)[O-])c1)C(=O)O. The van der Waals surface area contributed by atoms with Crippen molar-refractivity contribution in [2.45, 2.75) is 13.8 Å². The number of nitro benzene ring substituents is 1. The van der Waals surface area contributed by atoms with Crippen LogP contribution in [0.5, 0.6) is 0 Å². The van der Waals surface area contributed by atoms with Crippen molar-refractivity contribution >= 4 is 23.4 Å². The summed E-state index contributed by atoms with van der Waals surface area (Å²) in [5.41, 5.74) is 0.122. The molecule has 0 saturated carbocycles. The van der Waals surface area contributed by atoms with E-state index in [1.165, 1.54) is 24.3 Å². The third-order valence-corrected chi connectivity index (χ3v) is 2.92. The molecule has 2 amide bonds. The molecule has 0 radical (unpaired) electrons. The molecule has 0 aliphatic heterocycles. The number of carboxylic acid groups (broad SMARTS) is 1. The molecule has 114 valence electrons. The Morgan fingerprint density at radius 2 is 2.05 bits per heavy atom. The van der Waals surface area contributed by atoms with Crippen molar-refractivity contribution < 1.29 is 19.6 Å². The lowest BCUT2D eigenvalue weighted by atomic mass is 9.96. The smallest absolute Gasteiger partial charge is 0.319 e. The van der Waals surface area contributed by atoms with Gasteiger partial charge in [-0.3, -0.25) is 14.9 Å². The molecular weight excluding hydrogens is 278 g/mol. The molecule has 3 N–H and O–H groups in total. The average molecular weight is 295 g/mol. The highest BCUT2D eigenvalue weighted by molar-refractivity contribution is 5.89. The summed E-state index contributed by atoms with van der Waals surface area (Å²) < 4.78 is 0. The normalized spacial score (nSPS) is 11.8. The van der Waals surface area contributed by atoms with Crippen LogP contribution in [0.1, 0.15) is 13.8 Å². The van der Waals surface area contributed by atoms with E-state index >= 15 is 0 Å². The number of nitrogens with zero attached hydrogens (tertiary/aromatic N) is 1. The molecule has 0 bridgehead atoms. The maximum absolute atomic E-state index is 11.7. The van der Waals surface area contributed by atoms with Crippen molar-refractivity contribution in [3.8, 4) is 0 Å². The van der Waals surface area contributed by atoms with E-state index in [1.807, 2.05) is 0 Å². The van der Waals surface area contributed by atoms with Gasteiger partial charge in [-0.05, 0) is 12.0 Å². The van der Waals surface area contributed by atoms with Gasteiger partial charge in [0.25, 0.3) is 5.69 Å². The second-order valence-corrected chi connectivity index (χ2v) is 4.83. The Morgan fingerprint density at radius 1 is 1.38 bits per heavy atom. The standard InChI is InChI=1S/C13H17N3O5/c1-8(2)11(12(17)18)7-14-13(19)15-9-4-3-5-10(6-9)16(20)21/h3-6,8,11H,7H2,1-2H3,(H,17,18)(H2,14,15,19). The lowest BCUT2D eigenvalue weighted by Crippen LogP contribution is -2.37. The summed E-state index contributed by atoms with van der Waals surface area (Å²) in [5, 5.41) is 24.5. The summed E-state index contributed by atoms with van der Waals surface area (Å²) >= 11 is 0. The van der Waals surface area contributed by atoms with Crippen molar-refractivity contribution in [3.63, 3.8) is 0 Å². The summed E-state index contributed by atoms with van der Waals surface area (Å²) in [7, 11) is 0. The monoisotopic (exact) mass is 295 g/mol. The fraction of sp³-hybridized carbons (Fsp3) is 0.385. The molecule has 0 aliphatic rings. The largest absolute Gasteiger partial charge is 0.481 e. The number of hydrogen-bond donors (Lipinski definition) is 3.